The summed E-state index contributed by atoms with van der Waals surface area (Å²) in [5.41, 5.74) is -0.973. The Kier molecular flexibility index (Phi) is 3.50. The quantitative estimate of drug-likeness (QED) is 0.819. The van der Waals surface area contributed by atoms with E-state index in [2.05, 4.69) is 0 Å². The highest BCUT2D eigenvalue weighted by Gasteiger charge is 2.50. The van der Waals surface area contributed by atoms with Gasteiger partial charge in [-0.1, -0.05) is 6.92 Å². The molecule has 18 heavy (non-hydrogen) atoms. The van der Waals surface area contributed by atoms with Gasteiger partial charge in [-0.05, 0) is 39.0 Å². The molecule has 2 fully saturated rings. The number of likely N-dealkylation sites (tertiary alicyclic amines) is 2. The summed E-state index contributed by atoms with van der Waals surface area (Å²) >= 11 is 0. The number of carbonyl (C=O) groups is 2. The lowest BCUT2D eigenvalue weighted by molar-refractivity contribution is -0.148. The third-order valence-electron chi connectivity index (χ3n) is 4.50. The Balaban J connectivity index is 2.21. The number of hydrogen-bond donors (Lipinski definition) is 1. The molecule has 0 saturated carbocycles. The van der Waals surface area contributed by atoms with Gasteiger partial charge in [-0.2, -0.15) is 0 Å². The lowest BCUT2D eigenvalue weighted by Crippen LogP contribution is -2.57. The number of nitrogens with zero attached hydrogens (tertiary/aromatic N) is 2. The summed E-state index contributed by atoms with van der Waals surface area (Å²) in [5.74, 6) is -0.859. The second-order valence-electron chi connectivity index (χ2n) is 5.41. The molecule has 2 aliphatic heterocycles. The van der Waals surface area contributed by atoms with E-state index in [9.17, 15) is 14.7 Å². The third-order valence-corrected chi connectivity index (χ3v) is 4.50. The van der Waals surface area contributed by atoms with Crippen molar-refractivity contribution in [2.75, 3.05) is 13.1 Å². The van der Waals surface area contributed by atoms with Crippen molar-refractivity contribution < 1.29 is 14.7 Å². The molecule has 0 bridgehead atoms. The molecule has 2 saturated heterocycles. The van der Waals surface area contributed by atoms with Crippen molar-refractivity contribution in [3.63, 3.8) is 0 Å². The Morgan fingerprint density at radius 3 is 2.56 bits per heavy atom. The van der Waals surface area contributed by atoms with Crippen LogP contribution >= 0.6 is 0 Å². The number of rotatable bonds is 2. The Bertz CT molecular complexity index is 358. The van der Waals surface area contributed by atoms with Gasteiger partial charge in [0.15, 0.2) is 0 Å². The molecule has 2 aliphatic rings. The number of carboxylic acid groups (broad SMARTS) is 1. The molecular weight excluding hydrogens is 232 g/mol. The standard InChI is InChI=1S/C13H22N2O3/c1-3-13(11(16)17)7-5-9-15(13)12(18)14-8-4-6-10(14)2/h10H,3-9H2,1-2H3,(H,16,17). The van der Waals surface area contributed by atoms with E-state index >= 15 is 0 Å². The average Bonchev–Trinajstić information content (AvgIpc) is 2.94. The largest absolute Gasteiger partial charge is 0.479 e. The fourth-order valence-electron chi connectivity index (χ4n) is 3.27. The maximum Gasteiger partial charge on any atom is 0.329 e. The minimum atomic E-state index is -0.973. The first kappa shape index (κ1) is 13.2. The molecule has 5 nitrogen and oxygen atoms in total. The smallest absolute Gasteiger partial charge is 0.329 e. The van der Waals surface area contributed by atoms with Crippen LogP contribution in [0.2, 0.25) is 0 Å². The molecule has 2 heterocycles. The Morgan fingerprint density at radius 2 is 2.06 bits per heavy atom. The topological polar surface area (TPSA) is 60.9 Å². The summed E-state index contributed by atoms with van der Waals surface area (Å²) < 4.78 is 0. The van der Waals surface area contributed by atoms with Crippen molar-refractivity contribution in [2.45, 2.75) is 57.5 Å². The van der Waals surface area contributed by atoms with Crippen molar-refractivity contribution in [1.29, 1.82) is 0 Å². The fourth-order valence-corrected chi connectivity index (χ4v) is 3.27. The second kappa shape index (κ2) is 4.78. The van der Waals surface area contributed by atoms with Crippen LogP contribution in [0.5, 0.6) is 0 Å². The Hall–Kier alpha value is -1.26. The fraction of sp³-hybridized carbons (Fsp3) is 0.846. The Morgan fingerprint density at radius 1 is 1.33 bits per heavy atom. The van der Waals surface area contributed by atoms with E-state index < -0.39 is 11.5 Å². The summed E-state index contributed by atoms with van der Waals surface area (Å²) in [5, 5.41) is 9.48. The molecule has 1 N–H and O–H groups in total. The zero-order valence-electron chi connectivity index (χ0n) is 11.2. The number of aliphatic carboxylic acids is 1. The van der Waals surface area contributed by atoms with E-state index in [-0.39, 0.29) is 12.1 Å². The minimum absolute atomic E-state index is 0.0817. The molecule has 0 aliphatic carbocycles. The van der Waals surface area contributed by atoms with Gasteiger partial charge in [0.05, 0.1) is 0 Å². The van der Waals surface area contributed by atoms with Crippen LogP contribution in [-0.4, -0.2) is 51.6 Å². The highest BCUT2D eigenvalue weighted by molar-refractivity contribution is 5.87. The zero-order chi connectivity index (χ0) is 13.3. The maximum absolute atomic E-state index is 12.5. The number of carboxylic acids is 1. The molecule has 0 aromatic heterocycles. The van der Waals surface area contributed by atoms with Crippen LogP contribution in [0.1, 0.15) is 46.0 Å². The van der Waals surface area contributed by atoms with Crippen molar-refractivity contribution >= 4 is 12.0 Å². The third kappa shape index (κ3) is 1.85. The maximum atomic E-state index is 12.5. The molecule has 5 heteroatoms. The van der Waals surface area contributed by atoms with Crippen molar-refractivity contribution in [3.05, 3.63) is 0 Å². The van der Waals surface area contributed by atoms with Crippen LogP contribution in [0, 0.1) is 0 Å². The van der Waals surface area contributed by atoms with E-state index in [4.69, 9.17) is 0 Å². The van der Waals surface area contributed by atoms with Gasteiger partial charge >= 0.3 is 12.0 Å². The molecule has 2 amide bonds. The Labute approximate surface area is 108 Å². The van der Waals surface area contributed by atoms with Gasteiger partial charge in [-0.3, -0.25) is 0 Å². The predicted octanol–water partition coefficient (Wildman–Crippen LogP) is 1.92. The summed E-state index contributed by atoms with van der Waals surface area (Å²) in [6.07, 6.45) is 3.88. The monoisotopic (exact) mass is 254 g/mol. The summed E-state index contributed by atoms with van der Waals surface area (Å²) in [6, 6.07) is 0.156. The van der Waals surface area contributed by atoms with Crippen LogP contribution in [0.3, 0.4) is 0 Å². The number of carbonyl (C=O) groups excluding carboxylic acids is 1. The van der Waals surface area contributed by atoms with E-state index in [1.807, 2.05) is 18.7 Å². The molecule has 0 spiro atoms. The van der Waals surface area contributed by atoms with E-state index in [1.54, 1.807) is 4.90 Å². The molecule has 0 aromatic rings. The van der Waals surface area contributed by atoms with Gasteiger partial charge in [-0.25, -0.2) is 9.59 Å². The second-order valence-corrected chi connectivity index (χ2v) is 5.41. The van der Waals surface area contributed by atoms with E-state index in [0.717, 1.165) is 25.8 Å². The van der Waals surface area contributed by atoms with E-state index in [0.29, 0.717) is 19.4 Å². The predicted molar refractivity (Wildman–Crippen MR) is 67.4 cm³/mol. The molecule has 2 rings (SSSR count). The van der Waals surface area contributed by atoms with Gasteiger partial charge in [0.1, 0.15) is 5.54 Å². The highest BCUT2D eigenvalue weighted by atomic mass is 16.4. The zero-order valence-corrected chi connectivity index (χ0v) is 11.2. The van der Waals surface area contributed by atoms with Gasteiger partial charge in [-0.15, -0.1) is 0 Å². The lowest BCUT2D eigenvalue weighted by Gasteiger charge is -2.37. The van der Waals surface area contributed by atoms with Crippen LogP contribution < -0.4 is 0 Å². The van der Waals surface area contributed by atoms with Crippen molar-refractivity contribution in [3.8, 4) is 0 Å². The highest BCUT2D eigenvalue weighted by Crippen LogP contribution is 2.34. The summed E-state index contributed by atoms with van der Waals surface area (Å²) in [6.45, 7) is 5.22. The molecule has 102 valence electrons. The van der Waals surface area contributed by atoms with Crippen molar-refractivity contribution in [2.24, 2.45) is 0 Å². The molecule has 0 radical (unpaired) electrons. The van der Waals surface area contributed by atoms with Crippen LogP contribution in [0.25, 0.3) is 0 Å². The number of hydrogen-bond acceptors (Lipinski definition) is 2. The summed E-state index contributed by atoms with van der Waals surface area (Å²) in [7, 11) is 0. The van der Waals surface area contributed by atoms with Gasteiger partial charge in [0.25, 0.3) is 0 Å². The summed E-state index contributed by atoms with van der Waals surface area (Å²) in [4.78, 5) is 27.5. The number of urea groups is 1. The molecule has 2 unspecified atom stereocenters. The molecular formula is C13H22N2O3. The first-order valence-electron chi connectivity index (χ1n) is 6.84. The number of amides is 2. The first-order valence-corrected chi connectivity index (χ1v) is 6.84. The van der Waals surface area contributed by atoms with Gasteiger partial charge < -0.3 is 14.9 Å². The molecule has 0 aromatic carbocycles. The van der Waals surface area contributed by atoms with Crippen LogP contribution in [0.15, 0.2) is 0 Å². The van der Waals surface area contributed by atoms with Crippen molar-refractivity contribution in [1.82, 2.24) is 9.80 Å². The van der Waals surface area contributed by atoms with Gasteiger partial charge in [0, 0.05) is 19.1 Å². The average molecular weight is 254 g/mol. The lowest BCUT2D eigenvalue weighted by atomic mass is 9.93. The SMILES string of the molecule is CCC1(C(=O)O)CCCN1C(=O)N1CCCC1C. The molecule has 2 atom stereocenters. The minimum Gasteiger partial charge on any atom is -0.479 e. The van der Waals surface area contributed by atoms with Crippen LogP contribution in [0.4, 0.5) is 4.79 Å². The first-order chi connectivity index (χ1) is 8.53. The van der Waals surface area contributed by atoms with Gasteiger partial charge in [0.2, 0.25) is 0 Å². The van der Waals surface area contributed by atoms with E-state index in [1.165, 1.54) is 0 Å². The normalized spacial score (nSPS) is 32.0. The van der Waals surface area contributed by atoms with Crippen LogP contribution in [-0.2, 0) is 4.79 Å².